The second kappa shape index (κ2) is 5.24. The van der Waals surface area contributed by atoms with E-state index in [4.69, 9.17) is 5.11 Å². The number of aliphatic carboxylic acids is 1. The summed E-state index contributed by atoms with van der Waals surface area (Å²) in [6, 6.07) is 2.61. The van der Waals surface area contributed by atoms with Crippen molar-refractivity contribution in [3.63, 3.8) is 0 Å². The molecule has 1 aliphatic heterocycles. The molecule has 1 aromatic carbocycles. The van der Waals surface area contributed by atoms with Gasteiger partial charge in [-0.25, -0.2) is 9.79 Å². The molecule has 1 heterocycles. The van der Waals surface area contributed by atoms with Gasteiger partial charge < -0.3 is 15.5 Å². The number of hydrogen-bond donors (Lipinski definition) is 3. The summed E-state index contributed by atoms with van der Waals surface area (Å²) >= 11 is 1.20. The van der Waals surface area contributed by atoms with Crippen molar-refractivity contribution in [1.82, 2.24) is 0 Å². The first-order valence-electron chi connectivity index (χ1n) is 5.95. The zero-order valence-electron chi connectivity index (χ0n) is 11.2. The van der Waals surface area contributed by atoms with Gasteiger partial charge in [-0.1, -0.05) is 11.8 Å². The molecule has 112 valence electrons. The number of phenols is 1. The molecule has 0 saturated carbocycles. The molecule has 21 heavy (non-hydrogen) atoms. The lowest BCUT2D eigenvalue weighted by Crippen LogP contribution is -2.34. The van der Waals surface area contributed by atoms with Gasteiger partial charge in [0.25, 0.3) is 5.69 Å². The molecule has 3 N–H and O–H groups in total. The molecule has 2 rings (SSSR count). The number of anilines is 1. The van der Waals surface area contributed by atoms with E-state index in [9.17, 15) is 20.0 Å². The van der Waals surface area contributed by atoms with Crippen LogP contribution in [-0.2, 0) is 4.79 Å². The van der Waals surface area contributed by atoms with Gasteiger partial charge in [-0.15, -0.1) is 0 Å². The lowest BCUT2D eigenvalue weighted by Gasteiger charge is -2.20. The third-order valence-corrected chi connectivity index (χ3v) is 4.08. The number of nitrogens with one attached hydrogen (secondary N) is 1. The number of carboxylic acids is 1. The molecule has 0 aliphatic carbocycles. The number of nitro groups is 1. The minimum Gasteiger partial charge on any atom is -0.506 e. The number of non-ortho nitro benzene ring substituents is 1. The molecule has 1 aromatic rings. The smallest absolute Gasteiger partial charge is 0.329 e. The summed E-state index contributed by atoms with van der Waals surface area (Å²) in [7, 11) is 0. The SMILES string of the molecule is CC1(C)SC(Nc2cc([N+](=O)[O-])ccc2O)=N[C@H]1C(=O)O. The molecule has 0 bridgehead atoms. The Morgan fingerprint density at radius 2 is 2.19 bits per heavy atom. The van der Waals surface area contributed by atoms with E-state index in [-0.39, 0.29) is 17.1 Å². The first-order valence-corrected chi connectivity index (χ1v) is 6.76. The largest absolute Gasteiger partial charge is 0.506 e. The summed E-state index contributed by atoms with van der Waals surface area (Å²) in [5, 5.41) is 32.6. The number of rotatable bonds is 3. The van der Waals surface area contributed by atoms with Crippen molar-refractivity contribution >= 4 is 34.3 Å². The van der Waals surface area contributed by atoms with Crippen LogP contribution < -0.4 is 5.32 Å². The number of nitrogens with zero attached hydrogens (tertiary/aromatic N) is 2. The van der Waals surface area contributed by atoms with Crippen LogP contribution in [0.3, 0.4) is 0 Å². The van der Waals surface area contributed by atoms with Gasteiger partial charge in [0.15, 0.2) is 11.2 Å². The molecule has 0 aromatic heterocycles. The van der Waals surface area contributed by atoms with Crippen LogP contribution in [0.15, 0.2) is 23.2 Å². The second-order valence-electron chi connectivity index (χ2n) is 4.96. The Balaban J connectivity index is 2.27. The second-order valence-corrected chi connectivity index (χ2v) is 6.61. The van der Waals surface area contributed by atoms with Crippen LogP contribution >= 0.6 is 11.8 Å². The minimum absolute atomic E-state index is 0.109. The molecule has 8 nitrogen and oxygen atoms in total. The van der Waals surface area contributed by atoms with E-state index < -0.39 is 21.7 Å². The fraction of sp³-hybridized carbons (Fsp3) is 0.333. The Kier molecular flexibility index (Phi) is 3.77. The van der Waals surface area contributed by atoms with E-state index in [2.05, 4.69) is 10.3 Å². The van der Waals surface area contributed by atoms with Crippen LogP contribution in [0.25, 0.3) is 0 Å². The number of aromatic hydroxyl groups is 1. The number of hydrogen-bond acceptors (Lipinski definition) is 7. The highest BCUT2D eigenvalue weighted by atomic mass is 32.2. The minimum atomic E-state index is -1.05. The molecule has 1 atom stereocenters. The maximum atomic E-state index is 11.1. The van der Waals surface area contributed by atoms with Crippen LogP contribution in [0.4, 0.5) is 11.4 Å². The summed E-state index contributed by atoms with van der Waals surface area (Å²) in [6.45, 7) is 3.48. The van der Waals surface area contributed by atoms with Crippen molar-refractivity contribution in [3.8, 4) is 5.75 Å². The Labute approximate surface area is 124 Å². The average molecular weight is 311 g/mol. The number of thioether (sulfide) groups is 1. The summed E-state index contributed by atoms with van der Waals surface area (Å²) < 4.78 is -0.648. The fourth-order valence-corrected chi connectivity index (χ4v) is 2.95. The third kappa shape index (κ3) is 3.07. The molecule has 9 heteroatoms. The lowest BCUT2D eigenvalue weighted by molar-refractivity contribution is -0.384. The molecule has 0 saturated heterocycles. The van der Waals surface area contributed by atoms with Crippen molar-refractivity contribution in [2.45, 2.75) is 24.6 Å². The topological polar surface area (TPSA) is 125 Å². The van der Waals surface area contributed by atoms with Gasteiger partial charge in [0.05, 0.1) is 15.4 Å². The van der Waals surface area contributed by atoms with Crippen molar-refractivity contribution in [3.05, 3.63) is 28.3 Å². The van der Waals surface area contributed by atoms with Crippen molar-refractivity contribution < 1.29 is 19.9 Å². The van der Waals surface area contributed by atoms with Crippen molar-refractivity contribution in [1.29, 1.82) is 0 Å². The molecule has 1 aliphatic rings. The number of carbonyl (C=O) groups is 1. The summed E-state index contributed by atoms with van der Waals surface area (Å²) in [5.74, 6) is -1.23. The van der Waals surface area contributed by atoms with Gasteiger partial charge in [0, 0.05) is 12.1 Å². The zero-order chi connectivity index (χ0) is 15.8. The standard InChI is InChI=1S/C12H13N3O5S/c1-12(2)9(10(17)18)14-11(21-12)13-7-5-6(15(19)20)3-4-8(7)16/h3-5,9,16H,1-2H3,(H,13,14)(H,17,18)/t9-/m0/s1. The summed E-state index contributed by atoms with van der Waals surface area (Å²) in [4.78, 5) is 25.3. The van der Waals surface area contributed by atoms with Crippen LogP contribution in [0.5, 0.6) is 5.75 Å². The normalized spacial score (nSPS) is 19.9. The third-order valence-electron chi connectivity index (χ3n) is 2.93. The van der Waals surface area contributed by atoms with Crippen LogP contribution in [-0.4, -0.2) is 37.1 Å². The van der Waals surface area contributed by atoms with Crippen LogP contribution in [0.1, 0.15) is 13.8 Å². The first-order chi connectivity index (χ1) is 9.70. The van der Waals surface area contributed by atoms with E-state index in [0.717, 1.165) is 0 Å². The van der Waals surface area contributed by atoms with E-state index in [1.165, 1.54) is 30.0 Å². The molecule has 0 amide bonds. The molecule has 0 unspecified atom stereocenters. The van der Waals surface area contributed by atoms with E-state index in [1.54, 1.807) is 13.8 Å². The Morgan fingerprint density at radius 1 is 1.52 bits per heavy atom. The molecular formula is C12H13N3O5S. The van der Waals surface area contributed by atoms with Gasteiger partial charge in [-0.3, -0.25) is 10.1 Å². The number of amidine groups is 1. The van der Waals surface area contributed by atoms with E-state index >= 15 is 0 Å². The maximum Gasteiger partial charge on any atom is 0.329 e. The fourth-order valence-electron chi connectivity index (χ4n) is 1.87. The maximum absolute atomic E-state index is 11.1. The van der Waals surface area contributed by atoms with E-state index in [0.29, 0.717) is 5.17 Å². The van der Waals surface area contributed by atoms with Gasteiger partial charge in [-0.05, 0) is 19.9 Å². The van der Waals surface area contributed by atoms with Gasteiger partial charge in [0.1, 0.15) is 5.75 Å². The van der Waals surface area contributed by atoms with Gasteiger partial charge in [-0.2, -0.15) is 0 Å². The molecule has 0 radical (unpaired) electrons. The molecular weight excluding hydrogens is 298 g/mol. The number of nitro benzene ring substituents is 1. The van der Waals surface area contributed by atoms with Crippen LogP contribution in [0, 0.1) is 10.1 Å². The highest BCUT2D eigenvalue weighted by Crippen LogP contribution is 2.39. The van der Waals surface area contributed by atoms with E-state index in [1.807, 2.05) is 0 Å². The predicted octanol–water partition coefficient (Wildman–Crippen LogP) is 2.05. The van der Waals surface area contributed by atoms with Crippen LogP contribution in [0.2, 0.25) is 0 Å². The summed E-state index contributed by atoms with van der Waals surface area (Å²) in [6.07, 6.45) is 0. The Bertz CT molecular complexity index is 644. The van der Waals surface area contributed by atoms with Gasteiger partial charge >= 0.3 is 5.97 Å². The van der Waals surface area contributed by atoms with Gasteiger partial charge in [0.2, 0.25) is 0 Å². The number of phenolic OH excluding ortho intramolecular Hbond substituents is 1. The van der Waals surface area contributed by atoms with Crippen molar-refractivity contribution in [2.24, 2.45) is 4.99 Å². The highest BCUT2D eigenvalue weighted by molar-refractivity contribution is 8.15. The Hall–Kier alpha value is -2.29. The predicted molar refractivity (Wildman–Crippen MR) is 78.9 cm³/mol. The monoisotopic (exact) mass is 311 g/mol. The highest BCUT2D eigenvalue weighted by Gasteiger charge is 2.42. The number of benzene rings is 1. The van der Waals surface area contributed by atoms with Crippen molar-refractivity contribution in [2.75, 3.05) is 5.32 Å². The quantitative estimate of drug-likeness (QED) is 0.443. The average Bonchev–Trinajstić information content (AvgIpc) is 2.66. The first kappa shape index (κ1) is 15.1. The lowest BCUT2D eigenvalue weighted by atomic mass is 10.0. The summed E-state index contributed by atoms with van der Waals surface area (Å²) in [5.41, 5.74) is -0.0785. The zero-order valence-corrected chi connectivity index (χ0v) is 12.0. The Morgan fingerprint density at radius 3 is 2.71 bits per heavy atom. The molecule has 0 fully saturated rings. The number of carboxylic acid groups (broad SMARTS) is 1. The molecule has 0 spiro atoms. The number of aliphatic imine (C=N–C) groups is 1.